The van der Waals surface area contributed by atoms with Gasteiger partial charge < -0.3 is 5.43 Å². The van der Waals surface area contributed by atoms with Gasteiger partial charge in [0.15, 0.2) is 0 Å². The molecule has 1 aliphatic carbocycles. The summed E-state index contributed by atoms with van der Waals surface area (Å²) in [6.45, 7) is 0. The van der Waals surface area contributed by atoms with Crippen molar-refractivity contribution >= 4 is 5.71 Å². The van der Waals surface area contributed by atoms with Crippen LogP contribution in [0.1, 0.15) is 29.2 Å². The van der Waals surface area contributed by atoms with Crippen molar-refractivity contribution in [3.63, 3.8) is 0 Å². The van der Waals surface area contributed by atoms with Gasteiger partial charge >= 0.3 is 0 Å². The maximum absolute atomic E-state index is 4.60. The van der Waals surface area contributed by atoms with Crippen LogP contribution >= 0.6 is 0 Å². The molecule has 0 saturated carbocycles. The molecule has 1 N–H and O–H groups in total. The van der Waals surface area contributed by atoms with E-state index in [-0.39, 0.29) is 0 Å². The summed E-state index contributed by atoms with van der Waals surface area (Å²) in [4.78, 5) is 4.09. The zero-order chi connectivity index (χ0) is 12.7. The number of nitrogens with zero attached hydrogens (tertiary/aromatic N) is 2. The Kier molecular flexibility index (Phi) is 2.37. The van der Waals surface area contributed by atoms with Gasteiger partial charge in [-0.3, -0.25) is 4.98 Å². The van der Waals surface area contributed by atoms with Gasteiger partial charge in [0.1, 0.15) is 0 Å². The minimum atomic E-state index is 0.298. The van der Waals surface area contributed by atoms with E-state index in [2.05, 4.69) is 51.9 Å². The van der Waals surface area contributed by atoms with E-state index in [9.17, 15) is 0 Å². The van der Waals surface area contributed by atoms with Crippen molar-refractivity contribution in [2.75, 3.05) is 0 Å². The lowest BCUT2D eigenvalue weighted by atomic mass is 9.78. The number of benzene rings is 1. The van der Waals surface area contributed by atoms with Crippen molar-refractivity contribution in [3.05, 3.63) is 65.5 Å². The van der Waals surface area contributed by atoms with Gasteiger partial charge in [0.05, 0.1) is 11.8 Å². The zero-order valence-electron chi connectivity index (χ0n) is 10.6. The third kappa shape index (κ3) is 1.65. The van der Waals surface area contributed by atoms with Crippen LogP contribution in [-0.4, -0.2) is 10.7 Å². The molecule has 0 saturated heterocycles. The molecule has 3 heteroatoms. The SMILES string of the molecule is c1ccc2c(c1)CCC1C2=NNC1c1ccncc1. The summed E-state index contributed by atoms with van der Waals surface area (Å²) in [5.74, 6) is 0.484. The fraction of sp³-hybridized carbons (Fsp3) is 0.250. The third-order valence-corrected chi connectivity index (χ3v) is 4.16. The van der Waals surface area contributed by atoms with Gasteiger partial charge in [-0.05, 0) is 36.1 Å². The Bertz CT molecular complexity index is 633. The van der Waals surface area contributed by atoms with E-state index in [1.54, 1.807) is 0 Å². The highest BCUT2D eigenvalue weighted by molar-refractivity contribution is 6.05. The molecule has 19 heavy (non-hydrogen) atoms. The average molecular weight is 249 g/mol. The molecule has 1 aromatic heterocycles. The first-order chi connectivity index (χ1) is 9.43. The summed E-state index contributed by atoms with van der Waals surface area (Å²) in [7, 11) is 0. The van der Waals surface area contributed by atoms with E-state index in [1.165, 1.54) is 22.4 Å². The van der Waals surface area contributed by atoms with Gasteiger partial charge in [-0.1, -0.05) is 24.3 Å². The van der Waals surface area contributed by atoms with Crippen LogP contribution in [0.4, 0.5) is 0 Å². The Hall–Kier alpha value is -2.16. The molecule has 2 aliphatic rings. The van der Waals surface area contributed by atoms with Crippen LogP contribution in [0, 0.1) is 5.92 Å². The Morgan fingerprint density at radius 1 is 1.05 bits per heavy atom. The van der Waals surface area contributed by atoms with Crippen LogP contribution in [0.15, 0.2) is 53.9 Å². The predicted octanol–water partition coefficient (Wildman–Crippen LogP) is 2.69. The fourth-order valence-electron chi connectivity index (χ4n) is 3.21. The second kappa shape index (κ2) is 4.19. The maximum atomic E-state index is 4.60. The van der Waals surface area contributed by atoms with E-state index >= 15 is 0 Å². The lowest BCUT2D eigenvalue weighted by Crippen LogP contribution is -2.26. The molecule has 3 nitrogen and oxygen atoms in total. The van der Waals surface area contributed by atoms with E-state index in [0.29, 0.717) is 12.0 Å². The molecule has 2 unspecified atom stereocenters. The monoisotopic (exact) mass is 249 g/mol. The number of nitrogens with one attached hydrogen (secondary N) is 1. The average Bonchev–Trinajstić information content (AvgIpc) is 2.92. The number of hydrogen-bond donors (Lipinski definition) is 1. The van der Waals surface area contributed by atoms with Gasteiger partial charge in [-0.25, -0.2) is 0 Å². The number of aromatic nitrogens is 1. The maximum Gasteiger partial charge on any atom is 0.0775 e. The van der Waals surface area contributed by atoms with Crippen LogP contribution in [0.25, 0.3) is 0 Å². The van der Waals surface area contributed by atoms with E-state index in [0.717, 1.165) is 12.8 Å². The van der Waals surface area contributed by atoms with Crippen molar-refractivity contribution in [2.45, 2.75) is 18.9 Å². The van der Waals surface area contributed by atoms with Crippen LogP contribution in [0.5, 0.6) is 0 Å². The Morgan fingerprint density at radius 2 is 1.89 bits per heavy atom. The quantitative estimate of drug-likeness (QED) is 0.843. The summed E-state index contributed by atoms with van der Waals surface area (Å²) < 4.78 is 0. The molecule has 0 spiro atoms. The molecule has 1 aromatic carbocycles. The lowest BCUT2D eigenvalue weighted by molar-refractivity contribution is 0.466. The summed E-state index contributed by atoms with van der Waals surface area (Å²) in [5, 5.41) is 4.60. The van der Waals surface area contributed by atoms with Crippen LogP contribution in [0.2, 0.25) is 0 Å². The van der Waals surface area contributed by atoms with Crippen molar-refractivity contribution in [3.8, 4) is 0 Å². The van der Waals surface area contributed by atoms with Gasteiger partial charge in [0, 0.05) is 23.9 Å². The van der Waals surface area contributed by atoms with Crippen LogP contribution in [0.3, 0.4) is 0 Å². The molecule has 2 atom stereocenters. The minimum Gasteiger partial charge on any atom is -0.302 e. The summed E-state index contributed by atoms with van der Waals surface area (Å²) >= 11 is 0. The second-order valence-electron chi connectivity index (χ2n) is 5.19. The van der Waals surface area contributed by atoms with Gasteiger partial charge in [0.25, 0.3) is 0 Å². The van der Waals surface area contributed by atoms with Crippen LogP contribution < -0.4 is 5.43 Å². The number of hydrazone groups is 1. The highest BCUT2D eigenvalue weighted by Crippen LogP contribution is 2.37. The van der Waals surface area contributed by atoms with Crippen molar-refractivity contribution in [1.82, 2.24) is 10.4 Å². The highest BCUT2D eigenvalue weighted by atomic mass is 15.3. The number of rotatable bonds is 1. The van der Waals surface area contributed by atoms with E-state index in [4.69, 9.17) is 0 Å². The van der Waals surface area contributed by atoms with Crippen LogP contribution in [-0.2, 0) is 6.42 Å². The molecular weight excluding hydrogens is 234 g/mol. The molecule has 2 heterocycles. The molecule has 4 rings (SSSR count). The predicted molar refractivity (Wildman–Crippen MR) is 74.9 cm³/mol. The van der Waals surface area contributed by atoms with Crippen molar-refractivity contribution < 1.29 is 0 Å². The Morgan fingerprint density at radius 3 is 2.79 bits per heavy atom. The largest absolute Gasteiger partial charge is 0.302 e. The number of pyridine rings is 1. The Balaban J connectivity index is 1.72. The molecule has 94 valence electrons. The smallest absolute Gasteiger partial charge is 0.0775 e. The number of hydrogen-bond acceptors (Lipinski definition) is 3. The summed E-state index contributed by atoms with van der Waals surface area (Å²) in [5.41, 5.74) is 8.57. The normalized spacial score (nSPS) is 24.1. The molecule has 0 radical (unpaired) electrons. The molecular formula is C16H15N3. The minimum absolute atomic E-state index is 0.298. The Labute approximate surface area is 112 Å². The molecule has 0 bridgehead atoms. The van der Waals surface area contributed by atoms with E-state index in [1.807, 2.05) is 12.4 Å². The van der Waals surface area contributed by atoms with E-state index < -0.39 is 0 Å². The highest BCUT2D eigenvalue weighted by Gasteiger charge is 2.36. The number of fused-ring (bicyclic) bond motifs is 3. The zero-order valence-corrected chi connectivity index (χ0v) is 10.6. The lowest BCUT2D eigenvalue weighted by Gasteiger charge is -2.26. The fourth-order valence-corrected chi connectivity index (χ4v) is 3.21. The molecule has 1 aliphatic heterocycles. The summed E-state index contributed by atoms with van der Waals surface area (Å²) in [6, 6.07) is 13.1. The van der Waals surface area contributed by atoms with Gasteiger partial charge in [-0.15, -0.1) is 0 Å². The molecule has 0 fully saturated rings. The molecule has 0 amide bonds. The topological polar surface area (TPSA) is 37.3 Å². The summed E-state index contributed by atoms with van der Waals surface area (Å²) in [6.07, 6.45) is 6.01. The second-order valence-corrected chi connectivity index (χ2v) is 5.19. The first-order valence-electron chi connectivity index (χ1n) is 6.75. The van der Waals surface area contributed by atoms with Gasteiger partial charge in [0.2, 0.25) is 0 Å². The van der Waals surface area contributed by atoms with Crippen molar-refractivity contribution in [1.29, 1.82) is 0 Å². The van der Waals surface area contributed by atoms with Crippen molar-refractivity contribution in [2.24, 2.45) is 11.0 Å². The first-order valence-corrected chi connectivity index (χ1v) is 6.75. The van der Waals surface area contributed by atoms with Gasteiger partial charge in [-0.2, -0.15) is 5.10 Å². The standard InChI is InChI=1S/C16H15N3/c1-2-4-13-11(3-1)5-6-14-15(18-19-16(13)14)12-7-9-17-10-8-12/h1-4,7-10,14-15,18H,5-6H2. The first kappa shape index (κ1) is 10.7. The molecule has 2 aromatic rings. The number of aryl methyl sites for hydroxylation is 1. The third-order valence-electron chi connectivity index (χ3n) is 4.16.